The fraction of sp³-hybridized carbons (Fsp3) is 0.357. The predicted octanol–water partition coefficient (Wildman–Crippen LogP) is 1.73. The van der Waals surface area contributed by atoms with Crippen molar-refractivity contribution in [3.8, 4) is 5.75 Å². The van der Waals surface area contributed by atoms with Gasteiger partial charge in [-0.15, -0.1) is 0 Å². The first-order valence-electron chi connectivity index (χ1n) is 6.05. The molecule has 0 aromatic heterocycles. The number of nitrogens with zero attached hydrogens (tertiary/aromatic N) is 2. The lowest BCUT2D eigenvalue weighted by Gasteiger charge is -2.27. The highest BCUT2D eigenvalue weighted by molar-refractivity contribution is 5.79. The number of methoxy groups -OCH3 is 1. The lowest BCUT2D eigenvalue weighted by atomic mass is 9.99. The van der Waals surface area contributed by atoms with Crippen molar-refractivity contribution in [2.24, 2.45) is 10.7 Å². The molecule has 4 nitrogen and oxygen atoms in total. The molecular weight excluding hydrogens is 226 g/mol. The van der Waals surface area contributed by atoms with Gasteiger partial charge in [-0.2, -0.15) is 0 Å². The molecule has 1 heterocycles. The molecule has 0 saturated heterocycles. The Morgan fingerprint density at radius 1 is 1.44 bits per heavy atom. The summed E-state index contributed by atoms with van der Waals surface area (Å²) in [5.74, 6) is 1.50. The fourth-order valence-corrected chi connectivity index (χ4v) is 2.10. The van der Waals surface area contributed by atoms with E-state index in [9.17, 15) is 0 Å². The van der Waals surface area contributed by atoms with E-state index < -0.39 is 0 Å². The molecule has 1 aromatic carbocycles. The zero-order valence-corrected chi connectivity index (χ0v) is 10.9. The molecule has 0 spiro atoms. The molecule has 0 saturated carbocycles. The van der Waals surface area contributed by atoms with Gasteiger partial charge >= 0.3 is 0 Å². The molecular formula is C14H19N3O. The average molecular weight is 245 g/mol. The van der Waals surface area contributed by atoms with Crippen molar-refractivity contribution >= 4 is 11.5 Å². The van der Waals surface area contributed by atoms with Gasteiger partial charge in [-0.1, -0.05) is 18.2 Å². The van der Waals surface area contributed by atoms with Gasteiger partial charge in [-0.3, -0.25) is 4.99 Å². The minimum absolute atomic E-state index is 0.607. The van der Waals surface area contributed by atoms with Crippen LogP contribution in [0.3, 0.4) is 0 Å². The quantitative estimate of drug-likeness (QED) is 0.637. The molecule has 0 bridgehead atoms. The molecule has 2 N–H and O–H groups in total. The van der Waals surface area contributed by atoms with Crippen molar-refractivity contribution in [2.75, 3.05) is 27.2 Å². The normalized spacial score (nSPS) is 16.4. The molecule has 4 heteroatoms. The maximum absolute atomic E-state index is 5.80. The van der Waals surface area contributed by atoms with Crippen molar-refractivity contribution in [2.45, 2.75) is 6.42 Å². The molecule has 18 heavy (non-hydrogen) atoms. The third-order valence-corrected chi connectivity index (χ3v) is 3.20. The van der Waals surface area contributed by atoms with E-state index in [2.05, 4.69) is 28.1 Å². The first-order valence-corrected chi connectivity index (χ1v) is 6.05. The molecule has 0 unspecified atom stereocenters. The summed E-state index contributed by atoms with van der Waals surface area (Å²) in [6, 6.07) is 8.16. The van der Waals surface area contributed by atoms with E-state index >= 15 is 0 Å². The first kappa shape index (κ1) is 12.5. The molecule has 0 atom stereocenters. The van der Waals surface area contributed by atoms with Crippen molar-refractivity contribution < 1.29 is 4.74 Å². The van der Waals surface area contributed by atoms with Crippen LogP contribution in [0.15, 0.2) is 35.3 Å². The van der Waals surface area contributed by atoms with Crippen LogP contribution in [-0.2, 0) is 0 Å². The number of guanidine groups is 1. The smallest absolute Gasteiger partial charge is 0.191 e. The summed E-state index contributed by atoms with van der Waals surface area (Å²) in [4.78, 5) is 6.08. The van der Waals surface area contributed by atoms with Crippen LogP contribution in [0.4, 0.5) is 0 Å². The lowest BCUT2D eigenvalue weighted by molar-refractivity contribution is 0.414. The molecule has 2 rings (SSSR count). The molecule has 0 radical (unpaired) electrons. The highest BCUT2D eigenvalue weighted by Crippen LogP contribution is 2.25. The lowest BCUT2D eigenvalue weighted by Crippen LogP contribution is -2.39. The second kappa shape index (κ2) is 5.58. The van der Waals surface area contributed by atoms with Gasteiger partial charge in [0.1, 0.15) is 5.75 Å². The van der Waals surface area contributed by atoms with Crippen molar-refractivity contribution in [3.05, 3.63) is 35.9 Å². The van der Waals surface area contributed by atoms with Gasteiger partial charge in [0.2, 0.25) is 0 Å². The minimum atomic E-state index is 0.607. The van der Waals surface area contributed by atoms with E-state index in [0.29, 0.717) is 5.96 Å². The maximum atomic E-state index is 5.80. The van der Waals surface area contributed by atoms with Crippen LogP contribution < -0.4 is 10.5 Å². The van der Waals surface area contributed by atoms with Crippen molar-refractivity contribution in [3.63, 3.8) is 0 Å². The Bertz CT molecular complexity index is 480. The summed E-state index contributed by atoms with van der Waals surface area (Å²) >= 11 is 0. The Morgan fingerprint density at radius 3 is 2.89 bits per heavy atom. The summed E-state index contributed by atoms with van der Waals surface area (Å²) in [6.45, 7) is 1.72. The monoisotopic (exact) mass is 245 g/mol. The Kier molecular flexibility index (Phi) is 3.87. The van der Waals surface area contributed by atoms with Crippen LogP contribution in [-0.4, -0.2) is 38.1 Å². The molecule has 0 amide bonds. The van der Waals surface area contributed by atoms with Gasteiger partial charge in [0.05, 0.1) is 7.11 Å². The van der Waals surface area contributed by atoms with Crippen LogP contribution in [0.2, 0.25) is 0 Å². The number of nitrogens with two attached hydrogens (primary N) is 1. The number of rotatable bonds is 2. The summed E-state index contributed by atoms with van der Waals surface area (Å²) in [6.07, 6.45) is 3.18. The van der Waals surface area contributed by atoms with Crippen molar-refractivity contribution in [1.82, 2.24) is 4.90 Å². The number of ether oxygens (including phenoxy) is 1. The maximum Gasteiger partial charge on any atom is 0.191 e. The van der Waals surface area contributed by atoms with E-state index in [0.717, 1.165) is 25.3 Å². The van der Waals surface area contributed by atoms with Crippen LogP contribution in [0.1, 0.15) is 12.0 Å². The summed E-state index contributed by atoms with van der Waals surface area (Å²) in [5.41, 5.74) is 8.37. The van der Waals surface area contributed by atoms with Crippen molar-refractivity contribution in [1.29, 1.82) is 0 Å². The standard InChI is InChI=1S/C14H19N3O/c1-16-14(15)17-8-6-11(7-9-17)12-4-3-5-13(10-12)18-2/h3-6,10H,7-9H2,1-2H3,(H2,15,16). The van der Waals surface area contributed by atoms with E-state index in [4.69, 9.17) is 10.5 Å². The molecule has 1 aromatic rings. The Morgan fingerprint density at radius 2 is 2.28 bits per heavy atom. The minimum Gasteiger partial charge on any atom is -0.497 e. The highest BCUT2D eigenvalue weighted by Gasteiger charge is 2.14. The van der Waals surface area contributed by atoms with Gasteiger partial charge in [0.25, 0.3) is 0 Å². The average Bonchev–Trinajstić information content (AvgIpc) is 2.46. The van der Waals surface area contributed by atoms with E-state index in [-0.39, 0.29) is 0 Å². The summed E-state index contributed by atoms with van der Waals surface area (Å²) in [7, 11) is 3.41. The fourth-order valence-electron chi connectivity index (χ4n) is 2.10. The van der Waals surface area contributed by atoms with Gasteiger partial charge in [0, 0.05) is 20.1 Å². The zero-order chi connectivity index (χ0) is 13.0. The number of benzene rings is 1. The summed E-state index contributed by atoms with van der Waals surface area (Å²) < 4.78 is 5.25. The molecule has 1 aliphatic rings. The second-order valence-corrected chi connectivity index (χ2v) is 4.24. The van der Waals surface area contributed by atoms with Crippen LogP contribution in [0.5, 0.6) is 5.75 Å². The molecule has 0 fully saturated rings. The third kappa shape index (κ3) is 2.64. The van der Waals surface area contributed by atoms with Gasteiger partial charge in [-0.25, -0.2) is 0 Å². The summed E-state index contributed by atoms with van der Waals surface area (Å²) in [5, 5.41) is 0. The van der Waals surface area contributed by atoms with Gasteiger partial charge in [-0.05, 0) is 29.7 Å². The number of aliphatic imine (C=N–C) groups is 1. The zero-order valence-electron chi connectivity index (χ0n) is 10.9. The van der Waals surface area contributed by atoms with Crippen LogP contribution >= 0.6 is 0 Å². The second-order valence-electron chi connectivity index (χ2n) is 4.24. The van der Waals surface area contributed by atoms with Gasteiger partial charge in [0.15, 0.2) is 5.96 Å². The Labute approximate surface area is 108 Å². The largest absolute Gasteiger partial charge is 0.497 e. The van der Waals surface area contributed by atoms with E-state index in [1.807, 2.05) is 12.1 Å². The Balaban J connectivity index is 2.14. The van der Waals surface area contributed by atoms with E-state index in [1.54, 1.807) is 14.2 Å². The SMILES string of the molecule is CN=C(N)N1CC=C(c2cccc(OC)c2)CC1. The van der Waals surface area contributed by atoms with Crippen LogP contribution in [0.25, 0.3) is 5.57 Å². The first-order chi connectivity index (χ1) is 8.74. The van der Waals surface area contributed by atoms with E-state index in [1.165, 1.54) is 11.1 Å². The predicted molar refractivity (Wildman–Crippen MR) is 74.7 cm³/mol. The number of hydrogen-bond acceptors (Lipinski definition) is 2. The van der Waals surface area contributed by atoms with Crippen LogP contribution in [0, 0.1) is 0 Å². The topological polar surface area (TPSA) is 50.8 Å². The third-order valence-electron chi connectivity index (χ3n) is 3.20. The molecule has 1 aliphatic heterocycles. The number of hydrogen-bond donors (Lipinski definition) is 1. The molecule has 0 aliphatic carbocycles. The van der Waals surface area contributed by atoms with Gasteiger partial charge < -0.3 is 15.4 Å². The Hall–Kier alpha value is -1.97. The molecule has 96 valence electrons. The highest BCUT2D eigenvalue weighted by atomic mass is 16.5.